The van der Waals surface area contributed by atoms with Crippen molar-refractivity contribution in [2.75, 3.05) is 19.3 Å². The monoisotopic (exact) mass is 362 g/mol. The van der Waals surface area contributed by atoms with E-state index in [2.05, 4.69) is 8.82 Å². The van der Waals surface area contributed by atoms with E-state index in [1.54, 1.807) is 0 Å². The Morgan fingerprint density at radius 2 is 1.29 bits per heavy atom. The SMILES string of the molecule is CS(=O)(=O)N=P(c1ccccc1)(c1ccccc1)N1CCCCC1. The average molecular weight is 362 g/mol. The highest BCUT2D eigenvalue weighted by atomic mass is 32.2. The number of nitrogens with zero attached hydrogens (tertiary/aromatic N) is 2. The minimum Gasteiger partial charge on any atom is -0.262 e. The molecule has 0 radical (unpaired) electrons. The highest BCUT2D eigenvalue weighted by Gasteiger charge is 2.34. The van der Waals surface area contributed by atoms with Crippen LogP contribution in [0.3, 0.4) is 0 Å². The number of rotatable bonds is 4. The molecule has 0 bridgehead atoms. The molecular weight excluding hydrogens is 339 g/mol. The predicted octanol–water partition coefficient (Wildman–Crippen LogP) is 3.20. The second-order valence-corrected chi connectivity index (χ2v) is 11.0. The molecule has 6 heteroatoms. The van der Waals surface area contributed by atoms with Crippen LogP contribution in [0.1, 0.15) is 19.3 Å². The van der Waals surface area contributed by atoms with Crippen LogP contribution in [0, 0.1) is 0 Å². The fourth-order valence-electron chi connectivity index (χ4n) is 3.27. The molecule has 0 aromatic heterocycles. The Balaban J connectivity index is 2.35. The molecule has 1 aliphatic rings. The molecule has 0 N–H and O–H groups in total. The van der Waals surface area contributed by atoms with Crippen LogP contribution in [0.5, 0.6) is 0 Å². The van der Waals surface area contributed by atoms with E-state index in [1.165, 1.54) is 12.7 Å². The third kappa shape index (κ3) is 3.64. The van der Waals surface area contributed by atoms with Crippen LogP contribution in [0.2, 0.25) is 0 Å². The van der Waals surface area contributed by atoms with Crippen LogP contribution in [0.15, 0.2) is 64.8 Å². The first kappa shape index (κ1) is 17.4. The van der Waals surface area contributed by atoms with Gasteiger partial charge in [0.1, 0.15) is 7.21 Å². The van der Waals surface area contributed by atoms with Crippen molar-refractivity contribution in [3.8, 4) is 0 Å². The topological polar surface area (TPSA) is 49.7 Å². The van der Waals surface area contributed by atoms with E-state index in [9.17, 15) is 8.42 Å². The number of hydrogen-bond donors (Lipinski definition) is 0. The summed E-state index contributed by atoms with van der Waals surface area (Å²) in [5.41, 5.74) is 0. The number of sulfonamides is 1. The summed E-state index contributed by atoms with van der Waals surface area (Å²) in [6.07, 6.45) is 4.57. The van der Waals surface area contributed by atoms with Crippen LogP contribution >= 0.6 is 7.21 Å². The van der Waals surface area contributed by atoms with E-state index < -0.39 is 17.2 Å². The third-order valence-corrected chi connectivity index (χ3v) is 9.63. The second-order valence-electron chi connectivity index (χ2n) is 6.10. The van der Waals surface area contributed by atoms with Crippen LogP contribution in [-0.2, 0) is 10.0 Å². The van der Waals surface area contributed by atoms with Crippen molar-refractivity contribution in [3.05, 3.63) is 60.7 Å². The molecule has 0 unspecified atom stereocenters. The van der Waals surface area contributed by atoms with Gasteiger partial charge in [-0.05, 0) is 12.8 Å². The fourth-order valence-corrected chi connectivity index (χ4v) is 9.15. The van der Waals surface area contributed by atoms with E-state index >= 15 is 0 Å². The van der Waals surface area contributed by atoms with Gasteiger partial charge in [0.15, 0.2) is 0 Å². The molecule has 0 atom stereocenters. The largest absolute Gasteiger partial charge is 0.262 e. The lowest BCUT2D eigenvalue weighted by Crippen LogP contribution is -2.36. The average Bonchev–Trinajstić information content (AvgIpc) is 2.61. The van der Waals surface area contributed by atoms with E-state index in [1.807, 2.05) is 60.7 Å². The Bertz CT molecular complexity index is 786. The molecule has 2 aromatic rings. The maximum atomic E-state index is 12.3. The van der Waals surface area contributed by atoms with Crippen LogP contribution in [0.25, 0.3) is 0 Å². The molecule has 4 nitrogen and oxygen atoms in total. The number of benzene rings is 2. The summed E-state index contributed by atoms with van der Waals surface area (Å²) >= 11 is 0. The number of piperidine rings is 1. The Hall–Kier alpha value is -1.42. The van der Waals surface area contributed by atoms with Crippen molar-refractivity contribution in [1.29, 1.82) is 0 Å². The molecule has 128 valence electrons. The molecular formula is C18H23N2O2PS. The normalized spacial score (nSPS) is 16.7. The van der Waals surface area contributed by atoms with Crippen LogP contribution in [-0.4, -0.2) is 32.4 Å². The van der Waals surface area contributed by atoms with Gasteiger partial charge in [0.25, 0.3) is 10.0 Å². The van der Waals surface area contributed by atoms with Crippen molar-refractivity contribution in [3.63, 3.8) is 0 Å². The van der Waals surface area contributed by atoms with Gasteiger partial charge < -0.3 is 0 Å². The lowest BCUT2D eigenvalue weighted by Gasteiger charge is -2.39. The highest BCUT2D eigenvalue weighted by molar-refractivity contribution is 7.96. The van der Waals surface area contributed by atoms with Gasteiger partial charge in [-0.3, -0.25) is 4.67 Å². The van der Waals surface area contributed by atoms with Gasteiger partial charge in [0, 0.05) is 23.7 Å². The Labute approximate surface area is 144 Å². The first-order valence-electron chi connectivity index (χ1n) is 8.23. The summed E-state index contributed by atoms with van der Waals surface area (Å²) in [5, 5.41) is 2.01. The Kier molecular flexibility index (Phi) is 5.24. The van der Waals surface area contributed by atoms with Gasteiger partial charge in [0.2, 0.25) is 0 Å². The lowest BCUT2D eigenvalue weighted by molar-refractivity contribution is 0.371. The third-order valence-electron chi connectivity index (χ3n) is 4.24. The molecule has 1 aliphatic heterocycles. The second kappa shape index (κ2) is 7.22. The van der Waals surface area contributed by atoms with Crippen molar-refractivity contribution in [1.82, 2.24) is 4.67 Å². The highest BCUT2D eigenvalue weighted by Crippen LogP contribution is 2.53. The number of hydrogen-bond acceptors (Lipinski definition) is 2. The maximum absolute atomic E-state index is 12.3. The van der Waals surface area contributed by atoms with Gasteiger partial charge in [-0.2, -0.15) is 4.15 Å². The summed E-state index contributed by atoms with van der Waals surface area (Å²) in [7, 11) is -6.02. The zero-order chi connectivity index (χ0) is 17.0. The first-order chi connectivity index (χ1) is 11.5. The predicted molar refractivity (Wildman–Crippen MR) is 102 cm³/mol. The Morgan fingerprint density at radius 1 is 0.833 bits per heavy atom. The molecule has 1 heterocycles. The van der Waals surface area contributed by atoms with E-state index in [4.69, 9.17) is 0 Å². The first-order valence-corrected chi connectivity index (χ1v) is 11.8. The van der Waals surface area contributed by atoms with Crippen molar-refractivity contribution < 1.29 is 8.42 Å². The van der Waals surface area contributed by atoms with Gasteiger partial charge in [-0.1, -0.05) is 67.1 Å². The molecule has 24 heavy (non-hydrogen) atoms. The zero-order valence-corrected chi connectivity index (χ0v) is 15.6. The maximum Gasteiger partial charge on any atom is 0.250 e. The minimum absolute atomic E-state index is 0.886. The van der Waals surface area contributed by atoms with Crippen molar-refractivity contribution >= 4 is 27.8 Å². The molecule has 1 saturated heterocycles. The summed E-state index contributed by atoms with van der Waals surface area (Å²) < 4.78 is 31.4. The summed E-state index contributed by atoms with van der Waals surface area (Å²) in [6.45, 7) is 1.77. The van der Waals surface area contributed by atoms with Gasteiger partial charge in [-0.25, -0.2) is 8.42 Å². The molecule has 2 aromatic carbocycles. The van der Waals surface area contributed by atoms with Gasteiger partial charge >= 0.3 is 0 Å². The zero-order valence-electron chi connectivity index (χ0n) is 13.9. The summed E-state index contributed by atoms with van der Waals surface area (Å²) in [4.78, 5) is 0. The molecule has 1 fully saturated rings. The summed E-state index contributed by atoms with van der Waals surface area (Å²) in [5.74, 6) is 0. The molecule has 0 amide bonds. The van der Waals surface area contributed by atoms with Crippen molar-refractivity contribution in [2.24, 2.45) is 4.15 Å². The van der Waals surface area contributed by atoms with Crippen LogP contribution in [0.4, 0.5) is 0 Å². The minimum atomic E-state index is -3.49. The van der Waals surface area contributed by atoms with Gasteiger partial charge in [-0.15, -0.1) is 0 Å². The van der Waals surface area contributed by atoms with Gasteiger partial charge in [0.05, 0.1) is 6.26 Å². The quantitative estimate of drug-likeness (QED) is 0.785. The standard InChI is InChI=1S/C18H23N2O2PS/c1-24(21,22)19-23(17-11-5-2-6-12-17,18-13-7-3-8-14-18)20-15-9-4-10-16-20/h2-3,5-8,11-14H,4,9-10,15-16H2,1H3. The molecule has 3 rings (SSSR count). The fraction of sp³-hybridized carbons (Fsp3) is 0.333. The van der Waals surface area contributed by atoms with Crippen molar-refractivity contribution in [2.45, 2.75) is 19.3 Å². The lowest BCUT2D eigenvalue weighted by atomic mass is 10.2. The molecule has 0 saturated carbocycles. The Morgan fingerprint density at radius 3 is 1.71 bits per heavy atom. The molecule has 0 aliphatic carbocycles. The summed E-state index contributed by atoms with van der Waals surface area (Å²) in [6, 6.07) is 19.9. The van der Waals surface area contributed by atoms with E-state index in [0.717, 1.165) is 36.5 Å². The van der Waals surface area contributed by atoms with E-state index in [-0.39, 0.29) is 0 Å². The molecule has 0 spiro atoms. The van der Waals surface area contributed by atoms with E-state index in [0.29, 0.717) is 0 Å². The smallest absolute Gasteiger partial charge is 0.250 e. The van der Waals surface area contributed by atoms with Crippen LogP contribution < -0.4 is 10.6 Å².